The molecular weight excluding hydrogens is 460 g/mol. The fourth-order valence-electron chi connectivity index (χ4n) is 3.60. The number of carbonyl (C=O) groups is 2. The molecule has 0 saturated heterocycles. The predicted molar refractivity (Wildman–Crippen MR) is 125 cm³/mol. The second kappa shape index (κ2) is 9.59. The van der Waals surface area contributed by atoms with Crippen LogP contribution in [0.1, 0.15) is 10.4 Å². The number of ether oxygens (including phenoxy) is 4. The molecule has 1 heterocycles. The topological polar surface area (TPSA) is 139 Å². The highest BCUT2D eigenvalue weighted by atomic mass is 16.6. The van der Waals surface area contributed by atoms with E-state index < -0.39 is 29.1 Å². The Morgan fingerprint density at radius 3 is 2.29 bits per heavy atom. The van der Waals surface area contributed by atoms with Crippen molar-refractivity contribution < 1.29 is 37.9 Å². The van der Waals surface area contributed by atoms with Crippen molar-refractivity contribution in [3.05, 3.63) is 64.2 Å². The maximum Gasteiger partial charge on any atom is 0.345 e. The van der Waals surface area contributed by atoms with Gasteiger partial charge in [-0.3, -0.25) is 14.9 Å². The van der Waals surface area contributed by atoms with Crippen molar-refractivity contribution in [2.45, 2.75) is 0 Å². The van der Waals surface area contributed by atoms with Crippen LogP contribution < -0.4 is 19.5 Å². The molecule has 0 aliphatic rings. The van der Waals surface area contributed by atoms with E-state index >= 15 is 0 Å². The molecule has 4 aromatic rings. The first-order chi connectivity index (χ1) is 16.9. The number of furan rings is 1. The lowest BCUT2D eigenvalue weighted by Gasteiger charge is -2.12. The number of nitro benzene ring substituents is 1. The number of amides is 1. The van der Waals surface area contributed by atoms with Gasteiger partial charge in [0, 0.05) is 22.9 Å². The lowest BCUT2D eigenvalue weighted by atomic mass is 10.1. The molecule has 4 rings (SSSR count). The Kier molecular flexibility index (Phi) is 6.40. The second-order valence-corrected chi connectivity index (χ2v) is 7.25. The Hall–Kier alpha value is -4.80. The van der Waals surface area contributed by atoms with Gasteiger partial charge in [0.25, 0.3) is 11.6 Å². The molecule has 35 heavy (non-hydrogen) atoms. The highest BCUT2D eigenvalue weighted by Gasteiger charge is 2.26. The number of rotatable bonds is 8. The number of nitro groups is 1. The van der Waals surface area contributed by atoms with Crippen LogP contribution in [0, 0.1) is 10.1 Å². The summed E-state index contributed by atoms with van der Waals surface area (Å²) in [6.45, 7) is -0.703. The lowest BCUT2D eigenvalue weighted by molar-refractivity contribution is -0.385. The number of nitrogens with one attached hydrogen (secondary N) is 1. The molecule has 0 atom stereocenters. The molecule has 0 bridgehead atoms. The highest BCUT2D eigenvalue weighted by Crippen LogP contribution is 2.37. The van der Waals surface area contributed by atoms with E-state index in [9.17, 15) is 19.7 Å². The molecule has 3 aromatic carbocycles. The van der Waals surface area contributed by atoms with Crippen molar-refractivity contribution in [1.82, 2.24) is 0 Å². The van der Waals surface area contributed by atoms with Gasteiger partial charge in [-0.05, 0) is 12.1 Å². The van der Waals surface area contributed by atoms with E-state index in [-0.39, 0.29) is 17.1 Å². The largest absolute Gasteiger partial charge is 0.495 e. The molecule has 0 spiro atoms. The van der Waals surface area contributed by atoms with Gasteiger partial charge in [-0.15, -0.1) is 0 Å². The summed E-state index contributed by atoms with van der Waals surface area (Å²) < 4.78 is 26.4. The summed E-state index contributed by atoms with van der Waals surface area (Å²) in [5, 5.41) is 15.7. The zero-order valence-electron chi connectivity index (χ0n) is 18.9. The minimum atomic E-state index is -1.08. The zero-order valence-corrected chi connectivity index (χ0v) is 18.9. The van der Waals surface area contributed by atoms with Crippen LogP contribution >= 0.6 is 0 Å². The Labute approximate surface area is 198 Å². The summed E-state index contributed by atoms with van der Waals surface area (Å²) in [4.78, 5) is 35.7. The minimum Gasteiger partial charge on any atom is -0.495 e. The molecule has 11 heteroatoms. The molecular formula is C24H20N2O9. The summed E-state index contributed by atoms with van der Waals surface area (Å²) in [5.41, 5.74) is 0.572. The Balaban J connectivity index is 1.53. The second-order valence-electron chi connectivity index (χ2n) is 7.25. The van der Waals surface area contributed by atoms with E-state index in [4.69, 9.17) is 23.4 Å². The Bertz CT molecular complexity index is 1460. The first kappa shape index (κ1) is 23.4. The number of para-hydroxylation sites is 1. The van der Waals surface area contributed by atoms with Gasteiger partial charge >= 0.3 is 5.97 Å². The number of benzene rings is 3. The monoisotopic (exact) mass is 480 g/mol. The van der Waals surface area contributed by atoms with Crippen LogP contribution in [0.5, 0.6) is 17.2 Å². The van der Waals surface area contributed by atoms with E-state index in [0.717, 1.165) is 22.9 Å². The number of fused-ring (bicyclic) bond motifs is 3. The SMILES string of the molecule is COc1cc2c(cc1NC(=O)COC(=O)c1cc(OC)c(OC)cc1[N+](=O)[O-])oc1ccccc12. The number of carbonyl (C=O) groups excluding carboxylic acids is 2. The van der Waals surface area contributed by atoms with Gasteiger partial charge in [0.15, 0.2) is 18.1 Å². The Morgan fingerprint density at radius 2 is 1.60 bits per heavy atom. The summed E-state index contributed by atoms with van der Waals surface area (Å²) in [7, 11) is 4.08. The van der Waals surface area contributed by atoms with Crippen molar-refractivity contribution in [3.63, 3.8) is 0 Å². The summed E-state index contributed by atoms with van der Waals surface area (Å²) in [6.07, 6.45) is 0. The van der Waals surface area contributed by atoms with E-state index in [0.29, 0.717) is 22.6 Å². The molecule has 1 amide bonds. The third-order valence-corrected chi connectivity index (χ3v) is 5.23. The van der Waals surface area contributed by atoms with Gasteiger partial charge in [0.1, 0.15) is 22.5 Å². The predicted octanol–water partition coefficient (Wildman–Crippen LogP) is 4.32. The Morgan fingerprint density at radius 1 is 0.914 bits per heavy atom. The van der Waals surface area contributed by atoms with Crippen molar-refractivity contribution in [3.8, 4) is 17.2 Å². The first-order valence-corrected chi connectivity index (χ1v) is 10.2. The molecule has 180 valence electrons. The molecule has 1 aromatic heterocycles. The van der Waals surface area contributed by atoms with Crippen LogP contribution in [0.3, 0.4) is 0 Å². The summed E-state index contributed by atoms with van der Waals surface area (Å²) in [6, 6.07) is 13.0. The maximum absolute atomic E-state index is 12.5. The normalized spacial score (nSPS) is 10.7. The van der Waals surface area contributed by atoms with Gasteiger partial charge in [-0.25, -0.2) is 4.79 Å². The van der Waals surface area contributed by atoms with Crippen LogP contribution in [-0.4, -0.2) is 44.7 Å². The van der Waals surface area contributed by atoms with Crippen LogP contribution in [0.25, 0.3) is 21.9 Å². The fraction of sp³-hybridized carbons (Fsp3) is 0.167. The molecule has 11 nitrogen and oxygen atoms in total. The van der Waals surface area contributed by atoms with E-state index in [2.05, 4.69) is 5.32 Å². The van der Waals surface area contributed by atoms with Gasteiger partial charge in [0.05, 0.1) is 38.0 Å². The van der Waals surface area contributed by atoms with E-state index in [1.807, 2.05) is 24.3 Å². The quantitative estimate of drug-likeness (QED) is 0.222. The summed E-state index contributed by atoms with van der Waals surface area (Å²) >= 11 is 0. The number of anilines is 1. The first-order valence-electron chi connectivity index (χ1n) is 10.2. The van der Waals surface area contributed by atoms with Crippen LogP contribution in [0.2, 0.25) is 0 Å². The van der Waals surface area contributed by atoms with E-state index in [1.165, 1.54) is 21.3 Å². The summed E-state index contributed by atoms with van der Waals surface area (Å²) in [5.74, 6) is -1.22. The molecule has 0 saturated carbocycles. The average Bonchev–Trinajstić information content (AvgIpc) is 3.23. The zero-order chi connectivity index (χ0) is 25.1. The third kappa shape index (κ3) is 4.51. The number of esters is 1. The van der Waals surface area contributed by atoms with Gasteiger partial charge < -0.3 is 28.7 Å². The van der Waals surface area contributed by atoms with Crippen molar-refractivity contribution in [2.24, 2.45) is 0 Å². The van der Waals surface area contributed by atoms with Gasteiger partial charge in [-0.1, -0.05) is 18.2 Å². The van der Waals surface area contributed by atoms with Crippen molar-refractivity contribution in [2.75, 3.05) is 33.3 Å². The highest BCUT2D eigenvalue weighted by molar-refractivity contribution is 6.08. The lowest BCUT2D eigenvalue weighted by Crippen LogP contribution is -2.21. The van der Waals surface area contributed by atoms with Crippen LogP contribution in [0.4, 0.5) is 11.4 Å². The van der Waals surface area contributed by atoms with Crippen LogP contribution in [-0.2, 0) is 9.53 Å². The van der Waals surface area contributed by atoms with Gasteiger partial charge in [0.2, 0.25) is 0 Å². The molecule has 1 N–H and O–H groups in total. The molecule has 0 aliphatic carbocycles. The standard InChI is InChI=1S/C24H20N2O9/c1-31-20-8-14-13-6-4-5-7-18(13)35-19(14)10-16(20)25-23(27)12-34-24(28)15-9-21(32-2)22(33-3)11-17(15)26(29)30/h4-11H,12H2,1-3H3,(H,25,27). The average molecular weight is 480 g/mol. The molecule has 0 radical (unpaired) electrons. The van der Waals surface area contributed by atoms with Crippen molar-refractivity contribution >= 4 is 45.2 Å². The smallest absolute Gasteiger partial charge is 0.345 e. The maximum atomic E-state index is 12.5. The fourth-order valence-corrected chi connectivity index (χ4v) is 3.60. The minimum absolute atomic E-state index is 0.0709. The molecule has 0 fully saturated rings. The number of hydrogen-bond donors (Lipinski definition) is 1. The van der Waals surface area contributed by atoms with Crippen LogP contribution in [0.15, 0.2) is 52.9 Å². The number of nitrogens with zero attached hydrogens (tertiary/aromatic N) is 1. The van der Waals surface area contributed by atoms with Gasteiger partial charge in [-0.2, -0.15) is 0 Å². The van der Waals surface area contributed by atoms with Crippen molar-refractivity contribution in [1.29, 1.82) is 0 Å². The number of methoxy groups -OCH3 is 3. The third-order valence-electron chi connectivity index (χ3n) is 5.23. The molecule has 0 unspecified atom stereocenters. The number of hydrogen-bond acceptors (Lipinski definition) is 9. The van der Waals surface area contributed by atoms with E-state index in [1.54, 1.807) is 12.1 Å². The molecule has 0 aliphatic heterocycles.